The summed E-state index contributed by atoms with van der Waals surface area (Å²) in [7, 11) is 0. The average molecular weight is 243 g/mol. The van der Waals surface area contributed by atoms with E-state index in [9.17, 15) is 0 Å². The molecule has 3 rings (SSSR count). The highest BCUT2D eigenvalue weighted by atomic mass is 16.3. The van der Waals surface area contributed by atoms with Crippen molar-refractivity contribution >= 4 is 11.0 Å². The van der Waals surface area contributed by atoms with Gasteiger partial charge in [-0.25, -0.2) is 0 Å². The summed E-state index contributed by atoms with van der Waals surface area (Å²) in [6.07, 6.45) is 8.27. The molecule has 96 valence electrons. The summed E-state index contributed by atoms with van der Waals surface area (Å²) >= 11 is 0. The van der Waals surface area contributed by atoms with Crippen molar-refractivity contribution in [3.05, 3.63) is 36.1 Å². The SMILES string of the molecule is c1cc(CCC2CCCNCC2)c2occc2c1. The molecule has 1 fully saturated rings. The van der Waals surface area contributed by atoms with Crippen LogP contribution in [0.5, 0.6) is 0 Å². The Labute approximate surface area is 108 Å². The fourth-order valence-corrected chi connectivity index (χ4v) is 2.99. The number of para-hydroxylation sites is 1. The Morgan fingerprint density at radius 1 is 1.17 bits per heavy atom. The first-order valence-electron chi connectivity index (χ1n) is 7.09. The number of aryl methyl sites for hydroxylation is 1. The summed E-state index contributed by atoms with van der Waals surface area (Å²) in [5.41, 5.74) is 2.46. The average Bonchev–Trinajstić information content (AvgIpc) is 2.73. The molecule has 1 aromatic carbocycles. The van der Waals surface area contributed by atoms with Gasteiger partial charge in [0, 0.05) is 5.39 Å². The zero-order chi connectivity index (χ0) is 12.2. The van der Waals surface area contributed by atoms with Crippen molar-refractivity contribution in [2.24, 2.45) is 5.92 Å². The minimum Gasteiger partial charge on any atom is -0.464 e. The van der Waals surface area contributed by atoms with Gasteiger partial charge in [0.15, 0.2) is 0 Å². The van der Waals surface area contributed by atoms with Crippen LogP contribution in [0.15, 0.2) is 34.9 Å². The lowest BCUT2D eigenvalue weighted by Gasteiger charge is -2.13. The molecule has 2 aromatic rings. The number of fused-ring (bicyclic) bond motifs is 1. The molecule has 2 heterocycles. The Balaban J connectivity index is 1.67. The number of nitrogens with one attached hydrogen (secondary N) is 1. The normalized spacial score (nSPS) is 21.0. The number of hydrogen-bond donors (Lipinski definition) is 1. The maximum atomic E-state index is 5.60. The maximum absolute atomic E-state index is 5.60. The summed E-state index contributed by atoms with van der Waals surface area (Å²) in [5, 5.41) is 4.71. The van der Waals surface area contributed by atoms with E-state index in [0.717, 1.165) is 17.9 Å². The lowest BCUT2D eigenvalue weighted by molar-refractivity contribution is 0.438. The molecule has 1 aromatic heterocycles. The molecule has 1 aliphatic heterocycles. The predicted octanol–water partition coefficient (Wildman–Crippen LogP) is 3.76. The van der Waals surface area contributed by atoms with Crippen LogP contribution < -0.4 is 5.32 Å². The van der Waals surface area contributed by atoms with E-state index in [1.54, 1.807) is 6.26 Å². The van der Waals surface area contributed by atoms with Gasteiger partial charge in [0.2, 0.25) is 0 Å². The molecule has 0 aliphatic carbocycles. The lowest BCUT2D eigenvalue weighted by Crippen LogP contribution is -2.14. The Morgan fingerprint density at radius 3 is 3.17 bits per heavy atom. The molecule has 0 saturated carbocycles. The molecule has 1 aliphatic rings. The lowest BCUT2D eigenvalue weighted by atomic mass is 9.93. The van der Waals surface area contributed by atoms with Crippen molar-refractivity contribution in [2.45, 2.75) is 32.1 Å². The molecule has 1 unspecified atom stereocenters. The summed E-state index contributed by atoms with van der Waals surface area (Å²) in [4.78, 5) is 0. The van der Waals surface area contributed by atoms with Crippen molar-refractivity contribution in [3.63, 3.8) is 0 Å². The third-order valence-corrected chi connectivity index (χ3v) is 4.08. The third kappa shape index (κ3) is 2.59. The van der Waals surface area contributed by atoms with Crippen molar-refractivity contribution in [3.8, 4) is 0 Å². The van der Waals surface area contributed by atoms with E-state index >= 15 is 0 Å². The first kappa shape index (κ1) is 11.8. The number of hydrogen-bond acceptors (Lipinski definition) is 2. The fourth-order valence-electron chi connectivity index (χ4n) is 2.99. The van der Waals surface area contributed by atoms with E-state index in [1.165, 1.54) is 49.7 Å². The van der Waals surface area contributed by atoms with Gasteiger partial charge in [0.1, 0.15) is 5.58 Å². The van der Waals surface area contributed by atoms with Crippen molar-refractivity contribution in [1.29, 1.82) is 0 Å². The summed E-state index contributed by atoms with van der Waals surface area (Å²) in [5.74, 6) is 0.880. The van der Waals surface area contributed by atoms with E-state index < -0.39 is 0 Å². The highest BCUT2D eigenvalue weighted by molar-refractivity contribution is 5.80. The molecule has 0 spiro atoms. The molecule has 18 heavy (non-hydrogen) atoms. The number of rotatable bonds is 3. The van der Waals surface area contributed by atoms with Crippen molar-refractivity contribution in [2.75, 3.05) is 13.1 Å². The molecule has 0 radical (unpaired) electrons. The van der Waals surface area contributed by atoms with Crippen LogP contribution in [0.25, 0.3) is 11.0 Å². The van der Waals surface area contributed by atoms with Gasteiger partial charge in [-0.2, -0.15) is 0 Å². The Morgan fingerprint density at radius 2 is 2.17 bits per heavy atom. The highest BCUT2D eigenvalue weighted by Gasteiger charge is 2.13. The highest BCUT2D eigenvalue weighted by Crippen LogP contribution is 2.24. The molecule has 0 bridgehead atoms. The van der Waals surface area contributed by atoms with E-state index in [1.807, 2.05) is 0 Å². The quantitative estimate of drug-likeness (QED) is 0.888. The monoisotopic (exact) mass is 243 g/mol. The molecule has 2 nitrogen and oxygen atoms in total. The van der Waals surface area contributed by atoms with E-state index in [4.69, 9.17) is 4.42 Å². The molecule has 1 saturated heterocycles. The zero-order valence-electron chi connectivity index (χ0n) is 10.8. The molecule has 0 amide bonds. The summed E-state index contributed by atoms with van der Waals surface area (Å²) < 4.78 is 5.60. The second-order valence-corrected chi connectivity index (χ2v) is 5.34. The van der Waals surface area contributed by atoms with Gasteiger partial charge in [-0.1, -0.05) is 18.2 Å². The van der Waals surface area contributed by atoms with Crippen LogP contribution in [-0.2, 0) is 6.42 Å². The van der Waals surface area contributed by atoms with Crippen molar-refractivity contribution < 1.29 is 4.42 Å². The minimum atomic E-state index is 0.880. The van der Waals surface area contributed by atoms with Gasteiger partial charge in [-0.3, -0.25) is 0 Å². The summed E-state index contributed by atoms with van der Waals surface area (Å²) in [6.45, 7) is 2.39. The van der Waals surface area contributed by atoms with Crippen LogP contribution in [-0.4, -0.2) is 13.1 Å². The standard InChI is InChI=1S/C16H21NO/c1-4-14(16-15(5-1)9-12-18-16)7-6-13-3-2-10-17-11-8-13/h1,4-5,9,12-13,17H,2-3,6-8,10-11H2. The summed E-state index contributed by atoms with van der Waals surface area (Å²) in [6, 6.07) is 8.52. The van der Waals surface area contributed by atoms with Gasteiger partial charge < -0.3 is 9.73 Å². The van der Waals surface area contributed by atoms with Crippen LogP contribution >= 0.6 is 0 Å². The Kier molecular flexibility index (Phi) is 3.65. The van der Waals surface area contributed by atoms with E-state index in [2.05, 4.69) is 29.6 Å². The van der Waals surface area contributed by atoms with Gasteiger partial charge >= 0.3 is 0 Å². The minimum absolute atomic E-state index is 0.880. The second-order valence-electron chi connectivity index (χ2n) is 5.34. The molecule has 1 N–H and O–H groups in total. The van der Waals surface area contributed by atoms with Gasteiger partial charge in [0.25, 0.3) is 0 Å². The number of furan rings is 1. The van der Waals surface area contributed by atoms with Crippen LogP contribution in [0.3, 0.4) is 0 Å². The van der Waals surface area contributed by atoms with E-state index in [-0.39, 0.29) is 0 Å². The van der Waals surface area contributed by atoms with Crippen LogP contribution in [0.1, 0.15) is 31.2 Å². The second kappa shape index (κ2) is 5.57. The Hall–Kier alpha value is -1.28. The van der Waals surface area contributed by atoms with Gasteiger partial charge in [-0.05, 0) is 62.7 Å². The largest absolute Gasteiger partial charge is 0.464 e. The molecule has 2 heteroatoms. The molecular weight excluding hydrogens is 222 g/mol. The zero-order valence-corrected chi connectivity index (χ0v) is 10.8. The maximum Gasteiger partial charge on any atom is 0.137 e. The Bertz CT molecular complexity index is 495. The predicted molar refractivity (Wildman–Crippen MR) is 74.7 cm³/mol. The third-order valence-electron chi connectivity index (χ3n) is 4.08. The van der Waals surface area contributed by atoms with Gasteiger partial charge in [0.05, 0.1) is 6.26 Å². The topological polar surface area (TPSA) is 25.2 Å². The van der Waals surface area contributed by atoms with Gasteiger partial charge in [-0.15, -0.1) is 0 Å². The number of benzene rings is 1. The van der Waals surface area contributed by atoms with Crippen molar-refractivity contribution in [1.82, 2.24) is 5.32 Å². The first-order valence-corrected chi connectivity index (χ1v) is 7.09. The smallest absolute Gasteiger partial charge is 0.137 e. The molecule has 1 atom stereocenters. The fraction of sp³-hybridized carbons (Fsp3) is 0.500. The molecular formula is C16H21NO. The van der Waals surface area contributed by atoms with E-state index in [0.29, 0.717) is 0 Å². The van der Waals surface area contributed by atoms with Crippen LogP contribution in [0, 0.1) is 5.92 Å². The van der Waals surface area contributed by atoms with Crippen LogP contribution in [0.4, 0.5) is 0 Å². The van der Waals surface area contributed by atoms with Crippen LogP contribution in [0.2, 0.25) is 0 Å². The first-order chi connectivity index (χ1) is 8.93.